The number of aromatic nitrogens is 3. The van der Waals surface area contributed by atoms with Crippen molar-refractivity contribution in [3.63, 3.8) is 0 Å². The minimum atomic E-state index is -3.62. The third kappa shape index (κ3) is 4.88. The van der Waals surface area contributed by atoms with E-state index < -0.39 is 9.84 Å². The van der Waals surface area contributed by atoms with Gasteiger partial charge in [0.05, 0.1) is 35.6 Å². The lowest BCUT2D eigenvalue weighted by Crippen LogP contribution is -2.41. The highest BCUT2D eigenvalue weighted by molar-refractivity contribution is 7.90. The number of nitrogens with zero attached hydrogens (tertiary/aromatic N) is 5. The first-order chi connectivity index (χ1) is 16.8. The van der Waals surface area contributed by atoms with Gasteiger partial charge in [0, 0.05) is 36.1 Å². The Labute approximate surface area is 207 Å². The zero-order valence-electron chi connectivity index (χ0n) is 20.7. The second-order valence-electron chi connectivity index (χ2n) is 10.2. The molecule has 1 saturated carbocycles. The highest BCUT2D eigenvalue weighted by Gasteiger charge is 2.39. The number of amides is 1. The number of fused-ring (bicyclic) bond motifs is 3. The van der Waals surface area contributed by atoms with E-state index in [1.807, 2.05) is 18.8 Å². The molecule has 35 heavy (non-hydrogen) atoms. The lowest BCUT2D eigenvalue weighted by Gasteiger charge is -2.26. The Balaban J connectivity index is 1.59. The van der Waals surface area contributed by atoms with Crippen LogP contribution in [0.1, 0.15) is 66.3 Å². The number of rotatable bonds is 6. The van der Waals surface area contributed by atoms with Crippen LogP contribution in [0.15, 0.2) is 17.2 Å². The normalized spacial score (nSPS) is 20.0. The summed E-state index contributed by atoms with van der Waals surface area (Å²) in [5.74, 6) is -0.403. The van der Waals surface area contributed by atoms with Crippen LogP contribution in [0.25, 0.3) is 11.3 Å². The standard InChI is InChI=1S/C25H35N5O4S/c1-28(2)10-6-7-18-15-22-20(16-26-18)24-21(17-35(22,32)33)23(25(31)29-11-13-34-14-12-29)27-30(24)19-8-4-3-5-9-19/h15-16,19H,3-14,17H2,1-2H3. The van der Waals surface area contributed by atoms with Gasteiger partial charge in [-0.15, -0.1) is 0 Å². The summed E-state index contributed by atoms with van der Waals surface area (Å²) in [6.45, 7) is 2.87. The lowest BCUT2D eigenvalue weighted by molar-refractivity contribution is 0.0297. The molecule has 1 aliphatic carbocycles. The first-order valence-electron chi connectivity index (χ1n) is 12.7. The van der Waals surface area contributed by atoms with E-state index in [1.165, 1.54) is 6.42 Å². The van der Waals surface area contributed by atoms with Crippen molar-refractivity contribution in [3.05, 3.63) is 29.2 Å². The van der Waals surface area contributed by atoms with Gasteiger partial charge in [-0.05, 0) is 52.4 Å². The molecule has 0 aromatic carbocycles. The summed E-state index contributed by atoms with van der Waals surface area (Å²) in [7, 11) is 0.422. The van der Waals surface area contributed by atoms with Crippen molar-refractivity contribution in [2.75, 3.05) is 46.9 Å². The number of aryl methyl sites for hydroxylation is 1. The molecule has 1 saturated heterocycles. The van der Waals surface area contributed by atoms with Crippen LogP contribution in [0, 0.1) is 0 Å². The molecule has 2 aliphatic heterocycles. The number of morpholine rings is 1. The molecule has 0 bridgehead atoms. The molecule has 0 unspecified atom stereocenters. The Hall–Kier alpha value is -2.30. The van der Waals surface area contributed by atoms with Crippen molar-refractivity contribution in [1.82, 2.24) is 24.6 Å². The predicted molar refractivity (Wildman–Crippen MR) is 132 cm³/mol. The molecule has 190 valence electrons. The lowest BCUT2D eigenvalue weighted by atomic mass is 9.95. The van der Waals surface area contributed by atoms with Crippen molar-refractivity contribution in [2.24, 2.45) is 0 Å². The van der Waals surface area contributed by atoms with Crippen LogP contribution in [0.4, 0.5) is 0 Å². The molecule has 0 spiro atoms. The summed E-state index contributed by atoms with van der Waals surface area (Å²) in [5, 5.41) is 4.83. The molecule has 0 N–H and O–H groups in total. The first-order valence-corrected chi connectivity index (χ1v) is 14.4. The predicted octanol–water partition coefficient (Wildman–Crippen LogP) is 2.70. The summed E-state index contributed by atoms with van der Waals surface area (Å²) in [5.41, 5.74) is 2.94. The van der Waals surface area contributed by atoms with Gasteiger partial charge >= 0.3 is 0 Å². The number of sulfone groups is 1. The van der Waals surface area contributed by atoms with Crippen LogP contribution in [0.2, 0.25) is 0 Å². The van der Waals surface area contributed by atoms with E-state index in [4.69, 9.17) is 9.84 Å². The van der Waals surface area contributed by atoms with Gasteiger partial charge < -0.3 is 14.5 Å². The van der Waals surface area contributed by atoms with Gasteiger partial charge in [-0.2, -0.15) is 5.10 Å². The summed E-state index contributed by atoms with van der Waals surface area (Å²) < 4.78 is 34.3. The number of hydrogen-bond acceptors (Lipinski definition) is 7. The van der Waals surface area contributed by atoms with Crippen molar-refractivity contribution in [2.45, 2.75) is 61.6 Å². The first kappa shape index (κ1) is 24.4. The number of pyridine rings is 1. The smallest absolute Gasteiger partial charge is 0.274 e. The summed E-state index contributed by atoms with van der Waals surface area (Å²) in [6.07, 6.45) is 8.70. The maximum atomic E-state index is 13.5. The molecule has 4 heterocycles. The van der Waals surface area contributed by atoms with Gasteiger partial charge in [0.1, 0.15) is 0 Å². The van der Waals surface area contributed by atoms with E-state index in [0.717, 1.165) is 56.5 Å². The topological polar surface area (TPSA) is 97.6 Å². The maximum absolute atomic E-state index is 13.5. The Morgan fingerprint density at radius 2 is 1.91 bits per heavy atom. The Bertz CT molecular complexity index is 1190. The van der Waals surface area contributed by atoms with E-state index in [-0.39, 0.29) is 23.4 Å². The average molecular weight is 502 g/mol. The van der Waals surface area contributed by atoms with Gasteiger partial charge in [0.2, 0.25) is 0 Å². The third-order valence-electron chi connectivity index (χ3n) is 7.32. The van der Waals surface area contributed by atoms with Crippen LogP contribution in [-0.4, -0.2) is 85.8 Å². The minimum absolute atomic E-state index is 0.164. The maximum Gasteiger partial charge on any atom is 0.274 e. The zero-order valence-corrected chi connectivity index (χ0v) is 21.5. The van der Waals surface area contributed by atoms with Crippen molar-refractivity contribution in [1.29, 1.82) is 0 Å². The number of ether oxygens (including phenoxy) is 1. The SMILES string of the molecule is CN(C)CCCc1cc2c(cn1)-c1c(c(C(=O)N3CCOCC3)nn1C1CCCCC1)CS2(=O)=O. The van der Waals surface area contributed by atoms with Gasteiger partial charge in [-0.25, -0.2) is 8.42 Å². The van der Waals surface area contributed by atoms with E-state index in [9.17, 15) is 13.2 Å². The highest BCUT2D eigenvalue weighted by Crippen LogP contribution is 2.43. The van der Waals surface area contributed by atoms with Gasteiger partial charge in [-0.3, -0.25) is 14.5 Å². The molecule has 3 aliphatic rings. The van der Waals surface area contributed by atoms with Crippen LogP contribution in [0.3, 0.4) is 0 Å². The zero-order chi connectivity index (χ0) is 24.6. The summed E-state index contributed by atoms with van der Waals surface area (Å²) in [4.78, 5) is 22.3. The van der Waals surface area contributed by atoms with Crippen LogP contribution >= 0.6 is 0 Å². The van der Waals surface area contributed by atoms with E-state index >= 15 is 0 Å². The summed E-state index contributed by atoms with van der Waals surface area (Å²) >= 11 is 0. The quantitative estimate of drug-likeness (QED) is 0.600. The van der Waals surface area contributed by atoms with E-state index in [0.29, 0.717) is 42.3 Å². The van der Waals surface area contributed by atoms with Gasteiger partial charge in [-0.1, -0.05) is 19.3 Å². The third-order valence-corrected chi connectivity index (χ3v) is 8.99. The fraction of sp³-hybridized carbons (Fsp3) is 0.640. The molecular weight excluding hydrogens is 466 g/mol. The monoisotopic (exact) mass is 501 g/mol. The van der Waals surface area contributed by atoms with Crippen molar-refractivity contribution in [3.8, 4) is 11.3 Å². The average Bonchev–Trinajstić information content (AvgIpc) is 3.23. The Morgan fingerprint density at radius 3 is 2.63 bits per heavy atom. The van der Waals surface area contributed by atoms with E-state index in [1.54, 1.807) is 17.2 Å². The van der Waals surface area contributed by atoms with Crippen molar-refractivity contribution >= 4 is 15.7 Å². The molecule has 0 atom stereocenters. The molecular formula is C25H35N5O4S. The van der Waals surface area contributed by atoms with Gasteiger partial charge in [0.25, 0.3) is 5.91 Å². The van der Waals surface area contributed by atoms with Crippen LogP contribution in [-0.2, 0) is 26.7 Å². The Morgan fingerprint density at radius 1 is 1.17 bits per heavy atom. The van der Waals surface area contributed by atoms with Crippen molar-refractivity contribution < 1.29 is 17.9 Å². The molecule has 2 aromatic rings. The molecule has 5 rings (SSSR count). The fourth-order valence-corrected chi connectivity index (χ4v) is 7.07. The fourth-order valence-electron chi connectivity index (χ4n) is 5.46. The minimum Gasteiger partial charge on any atom is -0.378 e. The largest absolute Gasteiger partial charge is 0.378 e. The van der Waals surface area contributed by atoms with Crippen LogP contribution < -0.4 is 0 Å². The highest BCUT2D eigenvalue weighted by atomic mass is 32.2. The molecule has 1 amide bonds. The number of carbonyl (C=O) groups excluding carboxylic acids is 1. The Kier molecular flexibility index (Phi) is 6.96. The van der Waals surface area contributed by atoms with Gasteiger partial charge in [0.15, 0.2) is 15.5 Å². The molecule has 9 nitrogen and oxygen atoms in total. The van der Waals surface area contributed by atoms with E-state index in [2.05, 4.69) is 9.88 Å². The van der Waals surface area contributed by atoms with Crippen LogP contribution in [0.5, 0.6) is 0 Å². The molecule has 2 fully saturated rings. The molecule has 2 aromatic heterocycles. The number of hydrogen-bond donors (Lipinski definition) is 0. The second-order valence-corrected chi connectivity index (χ2v) is 12.1. The second kappa shape index (κ2) is 9.99. The molecule has 0 radical (unpaired) electrons. The summed E-state index contributed by atoms with van der Waals surface area (Å²) in [6, 6.07) is 1.91. The number of carbonyl (C=O) groups is 1. The molecule has 10 heteroatoms.